The zero-order valence-corrected chi connectivity index (χ0v) is 14.7. The molecule has 1 fully saturated rings. The SMILES string of the molecule is COC(C)Oc1ccc2cc(C3=CC4CCC(C3)N4C)ccc2c1. The van der Waals surface area contributed by atoms with Gasteiger partial charge in [-0.1, -0.05) is 24.3 Å². The lowest BCUT2D eigenvalue weighted by Gasteiger charge is -2.30. The summed E-state index contributed by atoms with van der Waals surface area (Å²) in [7, 11) is 3.92. The van der Waals surface area contributed by atoms with Gasteiger partial charge in [0.2, 0.25) is 0 Å². The molecule has 2 heterocycles. The highest BCUT2D eigenvalue weighted by Gasteiger charge is 2.33. The van der Waals surface area contributed by atoms with E-state index in [4.69, 9.17) is 9.47 Å². The summed E-state index contributed by atoms with van der Waals surface area (Å²) in [5.41, 5.74) is 2.88. The van der Waals surface area contributed by atoms with Crippen molar-refractivity contribution >= 4 is 16.3 Å². The minimum Gasteiger partial charge on any atom is -0.465 e. The first-order valence-corrected chi connectivity index (χ1v) is 8.80. The van der Waals surface area contributed by atoms with E-state index in [1.165, 1.54) is 41.2 Å². The summed E-state index contributed by atoms with van der Waals surface area (Å²) in [6, 6.07) is 14.4. The molecule has 4 rings (SSSR count). The molecule has 126 valence electrons. The zero-order valence-electron chi connectivity index (χ0n) is 14.7. The molecule has 3 atom stereocenters. The molecule has 2 bridgehead atoms. The molecule has 0 aromatic heterocycles. The van der Waals surface area contributed by atoms with Gasteiger partial charge in [-0.15, -0.1) is 0 Å². The molecule has 0 N–H and O–H groups in total. The van der Waals surface area contributed by atoms with E-state index in [9.17, 15) is 0 Å². The highest BCUT2D eigenvalue weighted by atomic mass is 16.7. The summed E-state index contributed by atoms with van der Waals surface area (Å²) in [6.45, 7) is 1.90. The fraction of sp³-hybridized carbons (Fsp3) is 0.429. The van der Waals surface area contributed by atoms with Gasteiger partial charge in [-0.3, -0.25) is 4.90 Å². The minimum atomic E-state index is -0.235. The Morgan fingerprint density at radius 1 is 1.08 bits per heavy atom. The van der Waals surface area contributed by atoms with Crippen LogP contribution in [0.25, 0.3) is 16.3 Å². The van der Waals surface area contributed by atoms with Crippen molar-refractivity contribution in [3.63, 3.8) is 0 Å². The van der Waals surface area contributed by atoms with E-state index < -0.39 is 0 Å². The van der Waals surface area contributed by atoms with Crippen LogP contribution in [0.3, 0.4) is 0 Å². The summed E-state index contributed by atoms with van der Waals surface area (Å²) < 4.78 is 10.9. The van der Waals surface area contributed by atoms with Crippen LogP contribution in [0.15, 0.2) is 42.5 Å². The maximum atomic E-state index is 5.73. The molecule has 0 saturated carbocycles. The fourth-order valence-corrected chi connectivity index (χ4v) is 3.99. The van der Waals surface area contributed by atoms with Gasteiger partial charge in [0.25, 0.3) is 0 Å². The van der Waals surface area contributed by atoms with Crippen LogP contribution in [0.5, 0.6) is 5.75 Å². The second-order valence-electron chi connectivity index (χ2n) is 7.00. The predicted octanol–water partition coefficient (Wildman–Crippen LogP) is 4.46. The Balaban J connectivity index is 1.62. The monoisotopic (exact) mass is 323 g/mol. The molecule has 0 radical (unpaired) electrons. The van der Waals surface area contributed by atoms with Crippen LogP contribution in [0.4, 0.5) is 0 Å². The number of nitrogens with zero attached hydrogens (tertiary/aromatic N) is 1. The van der Waals surface area contributed by atoms with Crippen LogP contribution in [0, 0.1) is 0 Å². The van der Waals surface area contributed by atoms with E-state index in [-0.39, 0.29) is 6.29 Å². The average molecular weight is 323 g/mol. The molecule has 2 aliphatic rings. The number of ether oxygens (including phenoxy) is 2. The Morgan fingerprint density at radius 2 is 1.88 bits per heavy atom. The Kier molecular flexibility index (Phi) is 4.07. The Morgan fingerprint density at radius 3 is 2.67 bits per heavy atom. The number of rotatable bonds is 4. The molecule has 3 heteroatoms. The van der Waals surface area contributed by atoms with Crippen molar-refractivity contribution in [2.45, 2.75) is 44.6 Å². The van der Waals surface area contributed by atoms with Crippen LogP contribution in [-0.4, -0.2) is 37.4 Å². The molecule has 1 saturated heterocycles. The summed E-state index contributed by atoms with van der Waals surface area (Å²) in [4.78, 5) is 2.53. The van der Waals surface area contributed by atoms with Gasteiger partial charge in [0, 0.05) is 19.2 Å². The third-order valence-electron chi connectivity index (χ3n) is 5.56. The van der Waals surface area contributed by atoms with Gasteiger partial charge in [-0.05, 0) is 73.3 Å². The first-order chi connectivity index (χ1) is 11.6. The van der Waals surface area contributed by atoms with Gasteiger partial charge < -0.3 is 9.47 Å². The standard InChI is InChI=1S/C21H25NO2/c1-14(23-3)24-21-9-6-15-10-16(4-5-17(15)13-21)18-11-19-7-8-20(12-18)22(19)2/h4-6,9-11,13-14,19-20H,7-8,12H2,1-3H3. The van der Waals surface area contributed by atoms with Crippen LogP contribution < -0.4 is 4.74 Å². The molecular formula is C21H25NO2. The zero-order chi connectivity index (χ0) is 16.7. The van der Waals surface area contributed by atoms with E-state index in [1.807, 2.05) is 13.0 Å². The Bertz CT molecular complexity index is 783. The quantitative estimate of drug-likeness (QED) is 0.775. The van der Waals surface area contributed by atoms with Gasteiger partial charge in [0.15, 0.2) is 6.29 Å². The average Bonchev–Trinajstić information content (AvgIpc) is 2.82. The molecule has 0 amide bonds. The van der Waals surface area contributed by atoms with Gasteiger partial charge in [-0.25, -0.2) is 0 Å². The second kappa shape index (κ2) is 6.23. The number of benzene rings is 2. The summed E-state index contributed by atoms with van der Waals surface area (Å²) in [5.74, 6) is 0.848. The van der Waals surface area contributed by atoms with Crippen LogP contribution in [-0.2, 0) is 4.74 Å². The van der Waals surface area contributed by atoms with Gasteiger partial charge in [-0.2, -0.15) is 0 Å². The molecule has 2 aliphatic heterocycles. The summed E-state index contributed by atoms with van der Waals surface area (Å²) in [5, 5.41) is 2.47. The van der Waals surface area contributed by atoms with Crippen molar-refractivity contribution in [2.24, 2.45) is 0 Å². The Hall–Kier alpha value is -1.84. The number of fused-ring (bicyclic) bond motifs is 3. The maximum Gasteiger partial charge on any atom is 0.196 e. The molecule has 2 aromatic carbocycles. The van der Waals surface area contributed by atoms with Gasteiger partial charge >= 0.3 is 0 Å². The van der Waals surface area contributed by atoms with Gasteiger partial charge in [0.1, 0.15) is 5.75 Å². The Labute approximate surface area is 143 Å². The third kappa shape index (κ3) is 2.83. The van der Waals surface area contributed by atoms with E-state index in [0.717, 1.165) is 11.8 Å². The van der Waals surface area contributed by atoms with Crippen LogP contribution in [0.1, 0.15) is 31.7 Å². The molecule has 3 nitrogen and oxygen atoms in total. The lowest BCUT2D eigenvalue weighted by atomic mass is 9.93. The smallest absolute Gasteiger partial charge is 0.196 e. The van der Waals surface area contributed by atoms with Crippen molar-refractivity contribution in [1.82, 2.24) is 4.90 Å². The van der Waals surface area contributed by atoms with E-state index in [1.54, 1.807) is 7.11 Å². The molecule has 0 aliphatic carbocycles. The lowest BCUT2D eigenvalue weighted by Crippen LogP contribution is -2.34. The highest BCUT2D eigenvalue weighted by Crippen LogP contribution is 2.38. The minimum absolute atomic E-state index is 0.235. The van der Waals surface area contributed by atoms with Crippen molar-refractivity contribution in [2.75, 3.05) is 14.2 Å². The van der Waals surface area contributed by atoms with Crippen LogP contribution in [0.2, 0.25) is 0 Å². The number of hydrogen-bond donors (Lipinski definition) is 0. The summed E-state index contributed by atoms with van der Waals surface area (Å²) >= 11 is 0. The number of hydrogen-bond acceptors (Lipinski definition) is 3. The molecule has 0 spiro atoms. The van der Waals surface area contributed by atoms with Crippen molar-refractivity contribution in [1.29, 1.82) is 0 Å². The van der Waals surface area contributed by atoms with Crippen molar-refractivity contribution in [3.05, 3.63) is 48.0 Å². The predicted molar refractivity (Wildman–Crippen MR) is 98.2 cm³/mol. The first kappa shape index (κ1) is 15.7. The molecular weight excluding hydrogens is 298 g/mol. The number of methoxy groups -OCH3 is 1. The second-order valence-corrected chi connectivity index (χ2v) is 7.00. The molecule has 24 heavy (non-hydrogen) atoms. The molecule has 3 unspecified atom stereocenters. The highest BCUT2D eigenvalue weighted by molar-refractivity contribution is 5.87. The van der Waals surface area contributed by atoms with E-state index in [0.29, 0.717) is 6.04 Å². The van der Waals surface area contributed by atoms with E-state index in [2.05, 4.69) is 48.4 Å². The largest absolute Gasteiger partial charge is 0.465 e. The van der Waals surface area contributed by atoms with Crippen molar-refractivity contribution in [3.8, 4) is 5.75 Å². The van der Waals surface area contributed by atoms with Gasteiger partial charge in [0.05, 0.1) is 0 Å². The first-order valence-electron chi connectivity index (χ1n) is 8.80. The van der Waals surface area contributed by atoms with Crippen molar-refractivity contribution < 1.29 is 9.47 Å². The molecule has 2 aromatic rings. The topological polar surface area (TPSA) is 21.7 Å². The number of likely N-dealkylation sites (N-methyl/N-ethyl adjacent to an activating group) is 1. The summed E-state index contributed by atoms with van der Waals surface area (Å²) in [6.07, 6.45) is 6.04. The van der Waals surface area contributed by atoms with E-state index >= 15 is 0 Å². The van der Waals surface area contributed by atoms with Crippen LogP contribution >= 0.6 is 0 Å². The fourth-order valence-electron chi connectivity index (χ4n) is 3.99. The third-order valence-corrected chi connectivity index (χ3v) is 5.56. The maximum absolute atomic E-state index is 5.73. The lowest BCUT2D eigenvalue weighted by molar-refractivity contribution is -0.0381. The normalized spacial score (nSPS) is 24.9.